The molecule has 0 saturated heterocycles. The van der Waals surface area contributed by atoms with Gasteiger partial charge in [0.1, 0.15) is 0 Å². The number of anilines is 1. The number of hydrogen-bond acceptors (Lipinski definition) is 3. The Morgan fingerprint density at radius 1 is 1.19 bits per heavy atom. The molecule has 0 aliphatic carbocycles. The average molecular weight is 332 g/mol. The van der Waals surface area contributed by atoms with Crippen molar-refractivity contribution < 1.29 is 9.59 Å². The van der Waals surface area contributed by atoms with Crippen LogP contribution in [-0.2, 0) is 9.59 Å². The van der Waals surface area contributed by atoms with E-state index in [-0.39, 0.29) is 18.4 Å². The Labute approximate surface area is 134 Å². The summed E-state index contributed by atoms with van der Waals surface area (Å²) in [5.41, 5.74) is -0.213. The van der Waals surface area contributed by atoms with Gasteiger partial charge in [0.15, 0.2) is 0 Å². The summed E-state index contributed by atoms with van der Waals surface area (Å²) in [5, 5.41) is 8.92. The van der Waals surface area contributed by atoms with E-state index >= 15 is 0 Å². The van der Waals surface area contributed by atoms with E-state index in [9.17, 15) is 9.59 Å². The maximum absolute atomic E-state index is 11.9. The van der Waals surface area contributed by atoms with E-state index in [1.54, 1.807) is 39.1 Å². The molecule has 0 bridgehead atoms. The van der Waals surface area contributed by atoms with Crippen molar-refractivity contribution in [1.29, 1.82) is 0 Å². The van der Waals surface area contributed by atoms with E-state index in [0.717, 1.165) is 0 Å². The molecule has 0 fully saturated rings. The van der Waals surface area contributed by atoms with E-state index in [1.165, 1.54) is 0 Å². The molecule has 0 radical (unpaired) electrons. The normalized spacial score (nSPS) is 11.1. The van der Waals surface area contributed by atoms with Gasteiger partial charge in [-0.15, -0.1) is 0 Å². The van der Waals surface area contributed by atoms with Crippen LogP contribution in [0.25, 0.3) is 0 Å². The van der Waals surface area contributed by atoms with Crippen LogP contribution in [0.15, 0.2) is 18.2 Å². The predicted molar refractivity (Wildman–Crippen MR) is 85.8 cm³/mol. The predicted octanol–water partition coefficient (Wildman–Crippen LogP) is 2.29. The summed E-state index contributed by atoms with van der Waals surface area (Å²) in [6.45, 7) is 4.02. The highest BCUT2D eigenvalue weighted by molar-refractivity contribution is 6.39. The number of amides is 2. The third kappa shape index (κ3) is 5.19. The van der Waals surface area contributed by atoms with Gasteiger partial charge in [-0.1, -0.05) is 29.3 Å². The summed E-state index contributed by atoms with van der Waals surface area (Å²) in [6, 6.07) is 4.99. The molecule has 0 aromatic heterocycles. The molecule has 1 aromatic rings. The van der Waals surface area contributed by atoms with Crippen LogP contribution >= 0.6 is 23.2 Å². The maximum Gasteiger partial charge on any atom is 0.238 e. The molecule has 0 unspecified atom stereocenters. The fourth-order valence-corrected chi connectivity index (χ4v) is 2.20. The lowest BCUT2D eigenvalue weighted by atomic mass is 9.92. The fraction of sp³-hybridized carbons (Fsp3) is 0.429. The van der Waals surface area contributed by atoms with Gasteiger partial charge in [0.05, 0.1) is 27.7 Å². The summed E-state index contributed by atoms with van der Waals surface area (Å²) < 4.78 is 0. The van der Waals surface area contributed by atoms with Crippen molar-refractivity contribution >= 4 is 40.7 Å². The van der Waals surface area contributed by atoms with Gasteiger partial charge >= 0.3 is 0 Å². The molecular weight excluding hydrogens is 313 g/mol. The zero-order chi connectivity index (χ0) is 16.0. The lowest BCUT2D eigenvalue weighted by molar-refractivity contribution is -0.128. The van der Waals surface area contributed by atoms with Gasteiger partial charge in [0.25, 0.3) is 0 Å². The van der Waals surface area contributed by atoms with Crippen molar-refractivity contribution in [3.8, 4) is 0 Å². The quantitative estimate of drug-likeness (QED) is 0.749. The first-order chi connectivity index (χ1) is 9.77. The second-order valence-corrected chi connectivity index (χ2v) is 6.03. The molecule has 3 N–H and O–H groups in total. The van der Waals surface area contributed by atoms with Crippen LogP contribution in [0.5, 0.6) is 0 Å². The van der Waals surface area contributed by atoms with Crippen molar-refractivity contribution in [1.82, 2.24) is 10.6 Å². The van der Waals surface area contributed by atoms with Crippen LogP contribution in [0.3, 0.4) is 0 Å². The topological polar surface area (TPSA) is 70.2 Å². The molecule has 0 saturated carbocycles. The van der Waals surface area contributed by atoms with E-state index < -0.39 is 5.41 Å². The monoisotopic (exact) mass is 331 g/mol. The van der Waals surface area contributed by atoms with Crippen molar-refractivity contribution in [2.24, 2.45) is 5.41 Å². The first-order valence-electron chi connectivity index (χ1n) is 6.44. The minimum atomic E-state index is -0.600. The first-order valence-corrected chi connectivity index (χ1v) is 7.20. The van der Waals surface area contributed by atoms with Gasteiger partial charge in [-0.2, -0.15) is 0 Å². The molecule has 0 heterocycles. The average Bonchev–Trinajstić information content (AvgIpc) is 2.42. The number of rotatable bonds is 6. The van der Waals surface area contributed by atoms with Crippen LogP contribution in [0.4, 0.5) is 5.69 Å². The summed E-state index contributed by atoms with van der Waals surface area (Å²) in [7, 11) is 1.58. The highest BCUT2D eigenvalue weighted by Gasteiger charge is 2.26. The molecule has 0 aliphatic heterocycles. The smallest absolute Gasteiger partial charge is 0.238 e. The van der Waals surface area contributed by atoms with Gasteiger partial charge in [-0.05, 0) is 26.0 Å². The van der Waals surface area contributed by atoms with Crippen molar-refractivity contribution in [3.63, 3.8) is 0 Å². The molecule has 0 atom stereocenters. The molecule has 7 heteroatoms. The Hall–Kier alpha value is -1.30. The fourth-order valence-electron chi connectivity index (χ4n) is 1.71. The van der Waals surface area contributed by atoms with Crippen LogP contribution in [0.1, 0.15) is 13.8 Å². The van der Waals surface area contributed by atoms with E-state index in [4.69, 9.17) is 23.2 Å². The van der Waals surface area contributed by atoms with Crippen LogP contribution in [0.2, 0.25) is 10.0 Å². The Morgan fingerprint density at radius 2 is 1.76 bits per heavy atom. The van der Waals surface area contributed by atoms with Gasteiger partial charge < -0.3 is 16.0 Å². The third-order valence-corrected chi connectivity index (χ3v) is 3.55. The number of benzene rings is 1. The van der Waals surface area contributed by atoms with Gasteiger partial charge in [-0.3, -0.25) is 9.59 Å². The molecule has 5 nitrogen and oxygen atoms in total. The van der Waals surface area contributed by atoms with Crippen LogP contribution in [0, 0.1) is 5.41 Å². The van der Waals surface area contributed by atoms with Crippen molar-refractivity contribution in [2.75, 3.05) is 25.5 Å². The zero-order valence-electron chi connectivity index (χ0n) is 12.2. The minimum Gasteiger partial charge on any atom is -0.359 e. The summed E-state index contributed by atoms with van der Waals surface area (Å²) in [4.78, 5) is 23.5. The molecule has 116 valence electrons. The van der Waals surface area contributed by atoms with Crippen LogP contribution < -0.4 is 16.0 Å². The highest BCUT2D eigenvalue weighted by Crippen LogP contribution is 2.29. The Kier molecular flexibility index (Phi) is 6.45. The van der Waals surface area contributed by atoms with Crippen molar-refractivity contribution in [3.05, 3.63) is 28.2 Å². The summed E-state index contributed by atoms with van der Waals surface area (Å²) in [5.74, 6) is -0.373. The molecule has 1 aromatic carbocycles. The molecule has 1 rings (SSSR count). The molecule has 0 spiro atoms. The van der Waals surface area contributed by atoms with Gasteiger partial charge in [-0.25, -0.2) is 0 Å². The first kappa shape index (κ1) is 17.8. The SMILES string of the molecule is CNC(=O)C(C)(C)CNCC(=O)Nc1c(Cl)cccc1Cl. The second kappa shape index (κ2) is 7.64. The number of carbonyl (C=O) groups excluding carboxylic acids is 2. The highest BCUT2D eigenvalue weighted by atomic mass is 35.5. The van der Waals surface area contributed by atoms with E-state index in [0.29, 0.717) is 22.3 Å². The number of carbonyl (C=O) groups is 2. The van der Waals surface area contributed by atoms with Crippen LogP contribution in [-0.4, -0.2) is 32.0 Å². The standard InChI is InChI=1S/C14H19Cl2N3O2/c1-14(2,13(21)17-3)8-18-7-11(20)19-12-9(15)5-4-6-10(12)16/h4-6,18H,7-8H2,1-3H3,(H,17,21)(H,19,20). The zero-order valence-corrected chi connectivity index (χ0v) is 13.7. The Morgan fingerprint density at radius 3 is 2.29 bits per heavy atom. The number of nitrogens with one attached hydrogen (secondary N) is 3. The number of halogens is 2. The Bertz CT molecular complexity index is 513. The summed E-state index contributed by atoms with van der Waals surface area (Å²) in [6.07, 6.45) is 0. The number of hydrogen-bond donors (Lipinski definition) is 3. The largest absolute Gasteiger partial charge is 0.359 e. The lowest BCUT2D eigenvalue weighted by Crippen LogP contribution is -2.43. The lowest BCUT2D eigenvalue weighted by Gasteiger charge is -2.22. The van der Waals surface area contributed by atoms with E-state index in [1.807, 2.05) is 0 Å². The second-order valence-electron chi connectivity index (χ2n) is 5.21. The maximum atomic E-state index is 11.9. The third-order valence-electron chi connectivity index (χ3n) is 2.92. The van der Waals surface area contributed by atoms with Gasteiger partial charge in [0.2, 0.25) is 11.8 Å². The molecule has 2 amide bonds. The molecule has 21 heavy (non-hydrogen) atoms. The van der Waals surface area contributed by atoms with Crippen molar-refractivity contribution in [2.45, 2.75) is 13.8 Å². The number of para-hydroxylation sites is 1. The molecule has 0 aliphatic rings. The van der Waals surface area contributed by atoms with E-state index in [2.05, 4.69) is 16.0 Å². The summed E-state index contributed by atoms with van der Waals surface area (Å²) >= 11 is 11.9. The van der Waals surface area contributed by atoms with Gasteiger partial charge in [0, 0.05) is 13.6 Å². The molecular formula is C14H19Cl2N3O2. The minimum absolute atomic E-state index is 0.0575. The Balaban J connectivity index is 2.51.